The number of hydrogen-bond donors (Lipinski definition) is 2. The van der Waals surface area contributed by atoms with Gasteiger partial charge in [0.25, 0.3) is 0 Å². The van der Waals surface area contributed by atoms with Crippen LogP contribution in [0.25, 0.3) is 0 Å². The molecule has 2 heteroatoms. The molecule has 1 aliphatic heterocycles. The standard InChI is InChI=1S/C18H32N2/c1-12(16-9-13-6-7-14(16)8-13)19-15-10-17(2,3)20-18(4,5)11-15/h6-7,12-16,19-20H,8-11H2,1-5H3. The van der Waals surface area contributed by atoms with E-state index >= 15 is 0 Å². The second kappa shape index (κ2) is 4.84. The van der Waals surface area contributed by atoms with E-state index in [9.17, 15) is 0 Å². The summed E-state index contributed by atoms with van der Waals surface area (Å²) in [6.45, 7) is 11.8. The Bertz CT molecular complexity index is 380. The van der Waals surface area contributed by atoms with Gasteiger partial charge in [0, 0.05) is 23.2 Å². The summed E-state index contributed by atoms with van der Waals surface area (Å²) >= 11 is 0. The molecule has 0 radical (unpaired) electrons. The van der Waals surface area contributed by atoms with Crippen LogP contribution in [0.4, 0.5) is 0 Å². The van der Waals surface area contributed by atoms with E-state index in [2.05, 4.69) is 57.4 Å². The highest BCUT2D eigenvalue weighted by atomic mass is 15.1. The zero-order chi connectivity index (χ0) is 14.5. The van der Waals surface area contributed by atoms with Crippen molar-refractivity contribution in [2.24, 2.45) is 17.8 Å². The topological polar surface area (TPSA) is 24.1 Å². The third-order valence-corrected chi connectivity index (χ3v) is 5.66. The van der Waals surface area contributed by atoms with Crippen LogP contribution in [0.15, 0.2) is 12.2 Å². The van der Waals surface area contributed by atoms with Gasteiger partial charge in [-0.15, -0.1) is 0 Å². The Kier molecular flexibility index (Phi) is 3.53. The van der Waals surface area contributed by atoms with Crippen molar-refractivity contribution >= 4 is 0 Å². The average molecular weight is 276 g/mol. The quantitative estimate of drug-likeness (QED) is 0.771. The molecule has 4 unspecified atom stereocenters. The van der Waals surface area contributed by atoms with Crippen molar-refractivity contribution in [1.29, 1.82) is 0 Å². The van der Waals surface area contributed by atoms with Gasteiger partial charge in [0.15, 0.2) is 0 Å². The normalized spacial score (nSPS) is 40.1. The molecule has 1 saturated heterocycles. The molecule has 0 amide bonds. The van der Waals surface area contributed by atoms with Crippen molar-refractivity contribution in [3.63, 3.8) is 0 Å². The van der Waals surface area contributed by atoms with E-state index in [1.165, 1.54) is 25.7 Å². The lowest BCUT2D eigenvalue weighted by Gasteiger charge is -2.48. The van der Waals surface area contributed by atoms with E-state index < -0.39 is 0 Å². The van der Waals surface area contributed by atoms with E-state index in [1.807, 2.05) is 0 Å². The largest absolute Gasteiger partial charge is 0.311 e. The molecule has 4 atom stereocenters. The zero-order valence-corrected chi connectivity index (χ0v) is 13.9. The van der Waals surface area contributed by atoms with Crippen LogP contribution < -0.4 is 10.6 Å². The van der Waals surface area contributed by atoms with Crippen molar-refractivity contribution in [2.45, 2.75) is 83.5 Å². The lowest BCUT2D eigenvalue weighted by molar-refractivity contribution is 0.132. The lowest BCUT2D eigenvalue weighted by atomic mass is 9.78. The maximum Gasteiger partial charge on any atom is 0.0144 e. The number of allylic oxidation sites excluding steroid dienone is 2. The van der Waals surface area contributed by atoms with Crippen molar-refractivity contribution in [3.05, 3.63) is 12.2 Å². The molecule has 2 N–H and O–H groups in total. The van der Waals surface area contributed by atoms with Crippen molar-refractivity contribution < 1.29 is 0 Å². The van der Waals surface area contributed by atoms with Gasteiger partial charge in [0.2, 0.25) is 0 Å². The van der Waals surface area contributed by atoms with Crippen LogP contribution >= 0.6 is 0 Å². The maximum atomic E-state index is 3.98. The molecule has 2 nitrogen and oxygen atoms in total. The van der Waals surface area contributed by atoms with Gasteiger partial charge in [0.1, 0.15) is 0 Å². The molecule has 2 aliphatic carbocycles. The highest BCUT2D eigenvalue weighted by Crippen LogP contribution is 2.45. The van der Waals surface area contributed by atoms with Crippen LogP contribution in [0, 0.1) is 17.8 Å². The molecule has 20 heavy (non-hydrogen) atoms. The second-order valence-corrected chi connectivity index (χ2v) is 8.90. The van der Waals surface area contributed by atoms with E-state index in [0.29, 0.717) is 12.1 Å². The summed E-state index contributed by atoms with van der Waals surface area (Å²) < 4.78 is 0. The molecular formula is C18H32N2. The maximum absolute atomic E-state index is 3.98. The minimum Gasteiger partial charge on any atom is -0.311 e. The molecule has 0 aromatic heterocycles. The van der Waals surface area contributed by atoms with Crippen LogP contribution in [0.1, 0.15) is 60.3 Å². The smallest absolute Gasteiger partial charge is 0.0144 e. The Morgan fingerprint density at radius 1 is 1.05 bits per heavy atom. The SMILES string of the molecule is CC(NC1CC(C)(C)NC(C)(C)C1)C1CC2C=CC1C2. The van der Waals surface area contributed by atoms with Crippen LogP contribution in [0.3, 0.4) is 0 Å². The van der Waals surface area contributed by atoms with Gasteiger partial charge in [-0.25, -0.2) is 0 Å². The van der Waals surface area contributed by atoms with Gasteiger partial charge in [-0.1, -0.05) is 12.2 Å². The summed E-state index contributed by atoms with van der Waals surface area (Å²) in [7, 11) is 0. The van der Waals surface area contributed by atoms with E-state index in [-0.39, 0.29) is 11.1 Å². The molecule has 2 bridgehead atoms. The predicted molar refractivity (Wildman–Crippen MR) is 85.8 cm³/mol. The number of rotatable bonds is 3. The first-order chi connectivity index (χ1) is 9.24. The first kappa shape index (κ1) is 14.6. The third-order valence-electron chi connectivity index (χ3n) is 5.66. The molecule has 0 spiro atoms. The Hall–Kier alpha value is -0.340. The van der Waals surface area contributed by atoms with Crippen LogP contribution in [0.5, 0.6) is 0 Å². The van der Waals surface area contributed by atoms with Crippen LogP contribution in [-0.2, 0) is 0 Å². The van der Waals surface area contributed by atoms with Crippen molar-refractivity contribution in [3.8, 4) is 0 Å². The number of piperidine rings is 1. The number of fused-ring (bicyclic) bond motifs is 2. The lowest BCUT2D eigenvalue weighted by Crippen LogP contribution is -2.62. The van der Waals surface area contributed by atoms with Gasteiger partial charge >= 0.3 is 0 Å². The predicted octanol–water partition coefficient (Wildman–Crippen LogP) is 3.49. The Labute approximate surface area is 124 Å². The highest BCUT2D eigenvalue weighted by molar-refractivity contribution is 5.12. The molecule has 2 fully saturated rings. The molecule has 3 rings (SSSR count). The summed E-state index contributed by atoms with van der Waals surface area (Å²) in [5.41, 5.74) is 0.488. The van der Waals surface area contributed by atoms with E-state index in [0.717, 1.165) is 17.8 Å². The van der Waals surface area contributed by atoms with Crippen LogP contribution in [-0.4, -0.2) is 23.2 Å². The zero-order valence-electron chi connectivity index (χ0n) is 13.9. The fraction of sp³-hybridized carbons (Fsp3) is 0.889. The summed E-state index contributed by atoms with van der Waals surface area (Å²) in [6.07, 6.45) is 10.2. The van der Waals surface area contributed by atoms with Gasteiger partial charge in [0.05, 0.1) is 0 Å². The summed E-state index contributed by atoms with van der Waals surface area (Å²) in [4.78, 5) is 0. The van der Waals surface area contributed by atoms with Gasteiger partial charge < -0.3 is 10.6 Å². The van der Waals surface area contributed by atoms with Crippen LogP contribution in [0.2, 0.25) is 0 Å². The fourth-order valence-electron chi connectivity index (χ4n) is 5.33. The highest BCUT2D eigenvalue weighted by Gasteiger charge is 2.41. The van der Waals surface area contributed by atoms with Gasteiger partial charge in [-0.05, 0) is 78.1 Å². The van der Waals surface area contributed by atoms with Gasteiger partial charge in [-0.2, -0.15) is 0 Å². The van der Waals surface area contributed by atoms with E-state index in [1.54, 1.807) is 0 Å². The van der Waals surface area contributed by atoms with E-state index in [4.69, 9.17) is 0 Å². The Morgan fingerprint density at radius 2 is 1.70 bits per heavy atom. The molecular weight excluding hydrogens is 244 g/mol. The monoisotopic (exact) mass is 276 g/mol. The number of hydrogen-bond acceptors (Lipinski definition) is 2. The minimum absolute atomic E-state index is 0.244. The molecule has 1 saturated carbocycles. The first-order valence-electron chi connectivity index (χ1n) is 8.48. The van der Waals surface area contributed by atoms with Gasteiger partial charge in [-0.3, -0.25) is 0 Å². The average Bonchev–Trinajstić information content (AvgIpc) is 2.85. The molecule has 3 aliphatic rings. The van der Waals surface area contributed by atoms with Crippen molar-refractivity contribution in [1.82, 2.24) is 10.6 Å². The molecule has 0 aromatic rings. The fourth-order valence-corrected chi connectivity index (χ4v) is 5.33. The summed E-state index contributed by atoms with van der Waals surface area (Å²) in [5.74, 6) is 2.60. The Balaban J connectivity index is 1.61. The molecule has 1 heterocycles. The minimum atomic E-state index is 0.244. The molecule has 114 valence electrons. The Morgan fingerprint density at radius 3 is 2.20 bits per heavy atom. The first-order valence-corrected chi connectivity index (χ1v) is 8.48. The van der Waals surface area contributed by atoms with Crippen molar-refractivity contribution in [2.75, 3.05) is 0 Å². The third kappa shape index (κ3) is 2.96. The summed E-state index contributed by atoms with van der Waals surface area (Å²) in [6, 6.07) is 1.31. The summed E-state index contributed by atoms with van der Waals surface area (Å²) in [5, 5.41) is 7.76. The molecule has 0 aromatic carbocycles. The number of nitrogens with one attached hydrogen (secondary N) is 2. The second-order valence-electron chi connectivity index (χ2n) is 8.90.